The van der Waals surface area contributed by atoms with E-state index in [9.17, 15) is 0 Å². The number of rotatable bonds is 7. The zero-order valence-corrected chi connectivity index (χ0v) is 14.9. The zero-order chi connectivity index (χ0) is 16.2. The Balaban J connectivity index is 2.24. The second kappa shape index (κ2) is 7.51. The van der Waals surface area contributed by atoms with Crippen LogP contribution in [0.1, 0.15) is 65.2 Å². The van der Waals surface area contributed by atoms with Gasteiger partial charge in [-0.25, -0.2) is 4.68 Å². The number of tetrazole rings is 1. The number of piperazine rings is 1. The lowest BCUT2D eigenvalue weighted by atomic mass is 10.00. The normalized spacial score (nSPS) is 19.5. The molecule has 1 fully saturated rings. The van der Waals surface area contributed by atoms with Crippen molar-refractivity contribution >= 4 is 0 Å². The summed E-state index contributed by atoms with van der Waals surface area (Å²) in [6.07, 6.45) is 4.59. The molecule has 6 heteroatoms. The molecule has 0 radical (unpaired) electrons. The molecule has 0 aliphatic carbocycles. The van der Waals surface area contributed by atoms with Gasteiger partial charge in [-0.1, -0.05) is 26.7 Å². The summed E-state index contributed by atoms with van der Waals surface area (Å²) in [5, 5.41) is 12.7. The average molecular weight is 308 g/mol. The van der Waals surface area contributed by atoms with Crippen molar-refractivity contribution in [2.75, 3.05) is 33.2 Å². The molecule has 0 amide bonds. The van der Waals surface area contributed by atoms with Crippen molar-refractivity contribution in [1.82, 2.24) is 30.0 Å². The summed E-state index contributed by atoms with van der Waals surface area (Å²) in [5.74, 6) is 1.05. The van der Waals surface area contributed by atoms with E-state index in [0.717, 1.165) is 44.8 Å². The van der Waals surface area contributed by atoms with Gasteiger partial charge in [-0.05, 0) is 44.2 Å². The van der Waals surface area contributed by atoms with E-state index in [-0.39, 0.29) is 5.54 Å². The van der Waals surface area contributed by atoms with Crippen molar-refractivity contribution in [3.63, 3.8) is 0 Å². The summed E-state index contributed by atoms with van der Waals surface area (Å²) >= 11 is 0. The number of likely N-dealkylation sites (N-methyl/N-ethyl adjacent to an activating group) is 1. The van der Waals surface area contributed by atoms with Crippen LogP contribution in [0.3, 0.4) is 0 Å². The Morgan fingerprint density at radius 3 is 2.41 bits per heavy atom. The molecule has 2 rings (SSSR count). The molecular formula is C16H32N6. The van der Waals surface area contributed by atoms with Gasteiger partial charge < -0.3 is 4.90 Å². The maximum absolute atomic E-state index is 4.42. The van der Waals surface area contributed by atoms with Gasteiger partial charge in [0.1, 0.15) is 0 Å². The van der Waals surface area contributed by atoms with E-state index in [0.29, 0.717) is 6.04 Å². The van der Waals surface area contributed by atoms with Crippen molar-refractivity contribution in [3.8, 4) is 0 Å². The molecular weight excluding hydrogens is 276 g/mol. The Kier molecular flexibility index (Phi) is 5.92. The highest BCUT2D eigenvalue weighted by atomic mass is 15.6. The van der Waals surface area contributed by atoms with Gasteiger partial charge in [0.2, 0.25) is 0 Å². The largest absolute Gasteiger partial charge is 0.304 e. The molecule has 126 valence electrons. The van der Waals surface area contributed by atoms with Gasteiger partial charge >= 0.3 is 0 Å². The molecule has 1 aliphatic rings. The number of unbranched alkanes of at least 4 members (excludes halogenated alkanes) is 1. The molecule has 0 spiro atoms. The van der Waals surface area contributed by atoms with Crippen LogP contribution < -0.4 is 0 Å². The highest BCUT2D eigenvalue weighted by Gasteiger charge is 2.32. The first kappa shape index (κ1) is 17.3. The molecule has 0 aromatic carbocycles. The second-order valence-electron chi connectivity index (χ2n) is 7.11. The van der Waals surface area contributed by atoms with E-state index >= 15 is 0 Å². The van der Waals surface area contributed by atoms with Crippen LogP contribution in [0.15, 0.2) is 0 Å². The lowest BCUT2D eigenvalue weighted by molar-refractivity contribution is 0.0946. The van der Waals surface area contributed by atoms with Crippen molar-refractivity contribution in [3.05, 3.63) is 5.82 Å². The maximum atomic E-state index is 4.42. The highest BCUT2D eigenvalue weighted by molar-refractivity contribution is 4.98. The monoisotopic (exact) mass is 308 g/mol. The van der Waals surface area contributed by atoms with E-state index in [2.05, 4.69) is 64.7 Å². The standard InChI is InChI=1S/C16H32N6/c1-6-8-9-14(21-12-10-20(5)11-13-21)15-17-18-19-22(15)16(3,4)7-2/h14H,6-13H2,1-5H3/t14-/m0/s1. The van der Waals surface area contributed by atoms with Crippen LogP contribution in [0, 0.1) is 0 Å². The minimum atomic E-state index is -0.0319. The predicted molar refractivity (Wildman–Crippen MR) is 88.8 cm³/mol. The molecule has 22 heavy (non-hydrogen) atoms. The summed E-state index contributed by atoms with van der Waals surface area (Å²) in [6.45, 7) is 13.3. The van der Waals surface area contributed by atoms with Crippen molar-refractivity contribution in [2.24, 2.45) is 0 Å². The van der Waals surface area contributed by atoms with Gasteiger partial charge in [0, 0.05) is 26.2 Å². The van der Waals surface area contributed by atoms with E-state index in [1.807, 2.05) is 0 Å². The Labute approximate surface area is 134 Å². The van der Waals surface area contributed by atoms with Crippen LogP contribution in [-0.2, 0) is 5.54 Å². The summed E-state index contributed by atoms with van der Waals surface area (Å²) in [7, 11) is 2.20. The van der Waals surface area contributed by atoms with Crippen LogP contribution in [0.4, 0.5) is 0 Å². The van der Waals surface area contributed by atoms with Gasteiger partial charge in [-0.3, -0.25) is 4.90 Å². The molecule has 6 nitrogen and oxygen atoms in total. The SMILES string of the molecule is CCCC[C@@H](c1nnnn1C(C)(C)CC)N1CCN(C)CC1. The number of hydrogen-bond acceptors (Lipinski definition) is 5. The predicted octanol–water partition coefficient (Wildman–Crippen LogP) is 2.30. The van der Waals surface area contributed by atoms with Gasteiger partial charge in [-0.2, -0.15) is 0 Å². The van der Waals surface area contributed by atoms with Crippen LogP contribution in [-0.4, -0.2) is 63.2 Å². The third-order valence-electron chi connectivity index (χ3n) is 5.04. The number of nitrogens with zero attached hydrogens (tertiary/aromatic N) is 6. The average Bonchev–Trinajstić information content (AvgIpc) is 2.99. The minimum Gasteiger partial charge on any atom is -0.304 e. The van der Waals surface area contributed by atoms with Crippen LogP contribution in [0.25, 0.3) is 0 Å². The highest BCUT2D eigenvalue weighted by Crippen LogP contribution is 2.29. The van der Waals surface area contributed by atoms with Gasteiger partial charge in [0.15, 0.2) is 5.82 Å². The topological polar surface area (TPSA) is 50.1 Å². The van der Waals surface area contributed by atoms with Crippen LogP contribution >= 0.6 is 0 Å². The fourth-order valence-electron chi connectivity index (χ4n) is 2.99. The molecule has 1 atom stereocenters. The lowest BCUT2D eigenvalue weighted by Gasteiger charge is -2.38. The summed E-state index contributed by atoms with van der Waals surface area (Å²) in [6, 6.07) is 0.342. The summed E-state index contributed by atoms with van der Waals surface area (Å²) < 4.78 is 2.06. The Bertz CT molecular complexity index is 447. The molecule has 0 bridgehead atoms. The molecule has 2 heterocycles. The van der Waals surface area contributed by atoms with Gasteiger partial charge in [-0.15, -0.1) is 5.10 Å². The molecule has 1 saturated heterocycles. The third kappa shape index (κ3) is 3.84. The fraction of sp³-hybridized carbons (Fsp3) is 0.938. The second-order valence-corrected chi connectivity index (χ2v) is 7.11. The van der Waals surface area contributed by atoms with Crippen LogP contribution in [0.2, 0.25) is 0 Å². The van der Waals surface area contributed by atoms with Gasteiger partial charge in [0.25, 0.3) is 0 Å². The molecule has 0 saturated carbocycles. The number of aromatic nitrogens is 4. The van der Waals surface area contributed by atoms with E-state index in [4.69, 9.17) is 0 Å². The Morgan fingerprint density at radius 1 is 1.14 bits per heavy atom. The molecule has 1 aromatic heterocycles. The van der Waals surface area contributed by atoms with Crippen molar-refractivity contribution < 1.29 is 0 Å². The number of hydrogen-bond donors (Lipinski definition) is 0. The minimum absolute atomic E-state index is 0.0319. The molecule has 0 N–H and O–H groups in total. The first-order chi connectivity index (χ1) is 10.5. The Morgan fingerprint density at radius 2 is 1.82 bits per heavy atom. The third-order valence-corrected chi connectivity index (χ3v) is 5.04. The molecule has 1 aromatic rings. The fourth-order valence-corrected chi connectivity index (χ4v) is 2.99. The van der Waals surface area contributed by atoms with Gasteiger partial charge in [0.05, 0.1) is 11.6 Å². The first-order valence-electron chi connectivity index (χ1n) is 8.71. The molecule has 0 unspecified atom stereocenters. The quantitative estimate of drug-likeness (QED) is 0.773. The van der Waals surface area contributed by atoms with Crippen molar-refractivity contribution in [1.29, 1.82) is 0 Å². The van der Waals surface area contributed by atoms with E-state index in [1.54, 1.807) is 0 Å². The first-order valence-corrected chi connectivity index (χ1v) is 8.71. The summed E-state index contributed by atoms with van der Waals surface area (Å²) in [4.78, 5) is 4.97. The maximum Gasteiger partial charge on any atom is 0.168 e. The van der Waals surface area contributed by atoms with E-state index < -0.39 is 0 Å². The molecule has 1 aliphatic heterocycles. The summed E-state index contributed by atoms with van der Waals surface area (Å²) in [5.41, 5.74) is -0.0319. The van der Waals surface area contributed by atoms with E-state index in [1.165, 1.54) is 12.8 Å². The Hall–Kier alpha value is -1.01. The lowest BCUT2D eigenvalue weighted by Crippen LogP contribution is -2.47. The smallest absolute Gasteiger partial charge is 0.168 e. The zero-order valence-electron chi connectivity index (χ0n) is 14.9. The van der Waals surface area contributed by atoms with Crippen molar-refractivity contribution in [2.45, 2.75) is 65.0 Å². The van der Waals surface area contributed by atoms with Crippen LogP contribution in [0.5, 0.6) is 0 Å².